The Bertz CT molecular complexity index is 930. The number of amides is 2. The van der Waals surface area contributed by atoms with Crippen molar-refractivity contribution in [1.29, 1.82) is 0 Å². The smallest absolute Gasteiger partial charge is 0.266 e. The lowest BCUT2D eigenvalue weighted by molar-refractivity contribution is -0.126. The van der Waals surface area contributed by atoms with Crippen molar-refractivity contribution >= 4 is 67.8 Å². The third-order valence-corrected chi connectivity index (χ3v) is 5.37. The summed E-state index contributed by atoms with van der Waals surface area (Å²) in [4.78, 5) is 26.5. The topological polar surface area (TPSA) is 69.6 Å². The second-order valence-corrected chi connectivity index (χ2v) is 7.98. The van der Waals surface area contributed by atoms with Gasteiger partial charge in [-0.2, -0.15) is 0 Å². The zero-order chi connectivity index (χ0) is 18.7. The molecular weight excluding hydrogens is 436 g/mol. The van der Waals surface area contributed by atoms with Crippen LogP contribution in [-0.2, 0) is 9.59 Å². The zero-order valence-corrected chi connectivity index (χ0v) is 16.5. The highest BCUT2D eigenvalue weighted by Crippen LogP contribution is 2.33. The lowest BCUT2D eigenvalue weighted by atomic mass is 10.2. The van der Waals surface area contributed by atoms with Gasteiger partial charge in [-0.3, -0.25) is 14.5 Å². The highest BCUT2D eigenvalue weighted by molar-refractivity contribution is 9.10. The fourth-order valence-electron chi connectivity index (χ4n) is 2.30. The number of hydrogen-bond donors (Lipinski definition) is 2. The van der Waals surface area contributed by atoms with Crippen LogP contribution in [-0.4, -0.2) is 32.7 Å². The minimum absolute atomic E-state index is 0.0409. The van der Waals surface area contributed by atoms with Gasteiger partial charge in [0.15, 0.2) is 0 Å². The number of nitrogens with one attached hydrogen (secondary N) is 1. The van der Waals surface area contributed by atoms with Crippen molar-refractivity contribution in [2.75, 3.05) is 11.9 Å². The van der Waals surface area contributed by atoms with Gasteiger partial charge in [0.2, 0.25) is 5.91 Å². The molecule has 1 aliphatic rings. The van der Waals surface area contributed by atoms with E-state index in [1.54, 1.807) is 24.3 Å². The van der Waals surface area contributed by atoms with Crippen LogP contribution < -0.4 is 5.32 Å². The number of nitrogens with zero attached hydrogens (tertiary/aromatic N) is 1. The van der Waals surface area contributed by atoms with E-state index in [0.29, 0.717) is 9.23 Å². The third-order valence-electron chi connectivity index (χ3n) is 3.50. The first-order valence-corrected chi connectivity index (χ1v) is 9.54. The molecule has 2 aromatic rings. The van der Waals surface area contributed by atoms with Gasteiger partial charge < -0.3 is 10.4 Å². The molecule has 1 heterocycles. The predicted molar refractivity (Wildman–Crippen MR) is 111 cm³/mol. The Balaban J connectivity index is 1.71. The van der Waals surface area contributed by atoms with Crippen molar-refractivity contribution in [1.82, 2.24) is 4.90 Å². The molecule has 1 fully saturated rings. The van der Waals surface area contributed by atoms with E-state index in [4.69, 9.17) is 12.2 Å². The zero-order valence-electron chi connectivity index (χ0n) is 13.3. The lowest BCUT2D eigenvalue weighted by Crippen LogP contribution is -2.36. The fourth-order valence-corrected chi connectivity index (χ4v) is 3.97. The summed E-state index contributed by atoms with van der Waals surface area (Å²) in [6, 6.07) is 13.9. The van der Waals surface area contributed by atoms with Gasteiger partial charge in [-0.15, -0.1) is 0 Å². The average molecular weight is 449 g/mol. The van der Waals surface area contributed by atoms with Gasteiger partial charge in [0.05, 0.1) is 10.6 Å². The number of thioether (sulfide) groups is 1. The Hall–Kier alpha value is -2.16. The molecule has 2 N–H and O–H groups in total. The molecule has 8 heteroatoms. The van der Waals surface area contributed by atoms with E-state index in [1.807, 2.05) is 24.3 Å². The molecule has 0 bridgehead atoms. The molecule has 2 aromatic carbocycles. The van der Waals surface area contributed by atoms with Gasteiger partial charge >= 0.3 is 0 Å². The Morgan fingerprint density at radius 3 is 2.77 bits per heavy atom. The van der Waals surface area contributed by atoms with E-state index in [0.717, 1.165) is 21.8 Å². The fraction of sp³-hybridized carbons (Fsp3) is 0.0556. The molecule has 2 amide bonds. The Morgan fingerprint density at radius 1 is 1.27 bits per heavy atom. The van der Waals surface area contributed by atoms with Crippen molar-refractivity contribution in [2.45, 2.75) is 0 Å². The molecule has 0 aliphatic carbocycles. The van der Waals surface area contributed by atoms with Crippen LogP contribution in [0.15, 0.2) is 57.9 Å². The minimum atomic E-state index is -0.438. The van der Waals surface area contributed by atoms with Crippen molar-refractivity contribution in [2.24, 2.45) is 0 Å². The summed E-state index contributed by atoms with van der Waals surface area (Å²) in [7, 11) is 0. The van der Waals surface area contributed by atoms with Crippen LogP contribution >= 0.6 is 39.9 Å². The van der Waals surface area contributed by atoms with Gasteiger partial charge in [0, 0.05) is 4.47 Å². The predicted octanol–water partition coefficient (Wildman–Crippen LogP) is 3.99. The molecule has 1 saturated heterocycles. The normalized spacial score (nSPS) is 15.6. The van der Waals surface area contributed by atoms with Gasteiger partial charge in [-0.25, -0.2) is 0 Å². The average Bonchev–Trinajstić information content (AvgIpc) is 2.84. The number of aromatic hydroxyl groups is 1. The quantitative estimate of drug-likeness (QED) is 0.420. The number of anilines is 1. The van der Waals surface area contributed by atoms with Crippen LogP contribution in [0, 0.1) is 0 Å². The number of thiocarbonyl (C=S) groups is 1. The summed E-state index contributed by atoms with van der Waals surface area (Å²) in [6.45, 7) is -0.213. The second kappa shape index (κ2) is 8.03. The highest BCUT2D eigenvalue weighted by Gasteiger charge is 2.33. The molecule has 132 valence electrons. The van der Waals surface area contributed by atoms with Gasteiger partial charge in [-0.05, 0) is 35.9 Å². The molecule has 0 saturated carbocycles. The molecule has 26 heavy (non-hydrogen) atoms. The van der Waals surface area contributed by atoms with Gasteiger partial charge in [-0.1, -0.05) is 64.2 Å². The number of carbonyl (C=O) groups excluding carboxylic acids is 2. The Labute approximate surface area is 168 Å². The van der Waals surface area contributed by atoms with Crippen molar-refractivity contribution < 1.29 is 14.7 Å². The number of phenolic OH excluding ortho intramolecular Hbond substituents is 1. The van der Waals surface area contributed by atoms with Crippen molar-refractivity contribution in [3.63, 3.8) is 0 Å². The molecule has 3 rings (SSSR count). The molecule has 0 unspecified atom stereocenters. The van der Waals surface area contributed by atoms with E-state index >= 15 is 0 Å². The van der Waals surface area contributed by atoms with Crippen molar-refractivity contribution in [3.05, 3.63) is 63.5 Å². The van der Waals surface area contributed by atoms with E-state index in [2.05, 4.69) is 21.2 Å². The van der Waals surface area contributed by atoms with E-state index < -0.39 is 5.91 Å². The number of carbonyl (C=O) groups is 2. The van der Waals surface area contributed by atoms with Crippen LogP contribution in [0.25, 0.3) is 6.08 Å². The van der Waals surface area contributed by atoms with E-state index in [1.165, 1.54) is 11.0 Å². The third kappa shape index (κ3) is 4.32. The summed E-state index contributed by atoms with van der Waals surface area (Å²) >= 11 is 9.78. The second-order valence-electron chi connectivity index (χ2n) is 5.39. The largest absolute Gasteiger partial charge is 0.506 e. The molecule has 0 spiro atoms. The summed E-state index contributed by atoms with van der Waals surface area (Å²) in [6.07, 6.45) is 1.74. The number of para-hydroxylation sites is 2. The summed E-state index contributed by atoms with van der Waals surface area (Å²) in [5.74, 6) is -0.792. The summed E-state index contributed by atoms with van der Waals surface area (Å²) < 4.78 is 1.23. The maximum absolute atomic E-state index is 12.6. The maximum Gasteiger partial charge on any atom is 0.266 e. The standard InChI is InChI=1S/C18H13BrN2O3S2/c19-12-5-3-4-11(8-12)9-15-17(24)21(18(25)26-15)10-16(23)20-13-6-1-2-7-14(13)22/h1-9,22H,10H2,(H,20,23)/b15-9-. The SMILES string of the molecule is O=C(CN1C(=O)/C(=C/c2cccc(Br)c2)SC1=S)Nc1ccccc1O. The number of benzene rings is 2. The van der Waals surface area contributed by atoms with Crippen LogP contribution in [0.3, 0.4) is 0 Å². The number of hydrogen-bond acceptors (Lipinski definition) is 5. The lowest BCUT2D eigenvalue weighted by Gasteiger charge is -2.14. The van der Waals surface area contributed by atoms with Gasteiger partial charge in [0.1, 0.15) is 16.6 Å². The van der Waals surface area contributed by atoms with Crippen LogP contribution in [0.4, 0.5) is 5.69 Å². The number of phenols is 1. The van der Waals surface area contributed by atoms with E-state index in [-0.39, 0.29) is 23.9 Å². The number of halogens is 1. The molecule has 5 nitrogen and oxygen atoms in total. The Kier molecular flexibility index (Phi) is 5.75. The van der Waals surface area contributed by atoms with Crippen molar-refractivity contribution in [3.8, 4) is 5.75 Å². The first kappa shape index (κ1) is 18.6. The van der Waals surface area contributed by atoms with E-state index in [9.17, 15) is 14.7 Å². The number of rotatable bonds is 4. The molecular formula is C18H13BrN2O3S2. The van der Waals surface area contributed by atoms with Crippen LogP contribution in [0.1, 0.15) is 5.56 Å². The Morgan fingerprint density at radius 2 is 2.04 bits per heavy atom. The first-order valence-electron chi connectivity index (χ1n) is 7.53. The molecule has 0 atom stereocenters. The molecule has 0 radical (unpaired) electrons. The highest BCUT2D eigenvalue weighted by atomic mass is 79.9. The van der Waals surface area contributed by atoms with Crippen LogP contribution in [0.2, 0.25) is 0 Å². The minimum Gasteiger partial charge on any atom is -0.506 e. The summed E-state index contributed by atoms with van der Waals surface area (Å²) in [5, 5.41) is 12.3. The van der Waals surface area contributed by atoms with Gasteiger partial charge in [0.25, 0.3) is 5.91 Å². The maximum atomic E-state index is 12.6. The monoisotopic (exact) mass is 448 g/mol. The summed E-state index contributed by atoms with van der Waals surface area (Å²) in [5.41, 5.74) is 1.14. The van der Waals surface area contributed by atoms with Crippen LogP contribution in [0.5, 0.6) is 5.75 Å². The molecule has 1 aliphatic heterocycles. The first-order chi connectivity index (χ1) is 12.4. The molecule has 0 aromatic heterocycles.